The molecule has 0 unspecified atom stereocenters. The van der Waals surface area contributed by atoms with Crippen molar-refractivity contribution in [1.29, 1.82) is 0 Å². The van der Waals surface area contributed by atoms with Crippen LogP contribution in [0.25, 0.3) is 11.0 Å². The molecule has 0 aliphatic carbocycles. The normalized spacial score (nSPS) is 17.4. The smallest absolute Gasteiger partial charge is 0.233 e. The van der Waals surface area contributed by atoms with Gasteiger partial charge in [-0.25, -0.2) is 10.0 Å². The second-order valence-electron chi connectivity index (χ2n) is 7.86. The molecule has 1 aromatic heterocycles. The van der Waals surface area contributed by atoms with Crippen LogP contribution >= 0.6 is 0 Å². The Morgan fingerprint density at radius 3 is 2.97 bits per heavy atom. The van der Waals surface area contributed by atoms with Crippen molar-refractivity contribution in [3.05, 3.63) is 30.1 Å². The minimum absolute atomic E-state index is 0.0165. The molecule has 2 aromatic rings. The van der Waals surface area contributed by atoms with Crippen LogP contribution < -0.4 is 0 Å². The molecule has 0 saturated carbocycles. The Labute approximate surface area is 177 Å². The lowest BCUT2D eigenvalue weighted by Gasteiger charge is -2.30. The highest BCUT2D eigenvalue weighted by molar-refractivity contribution is 5.81. The zero-order chi connectivity index (χ0) is 21.5. The van der Waals surface area contributed by atoms with E-state index in [2.05, 4.69) is 11.5 Å². The quantitative estimate of drug-likeness (QED) is 0.346. The molecular formula is C22H32N4O4. The monoisotopic (exact) mass is 416 g/mol. The summed E-state index contributed by atoms with van der Waals surface area (Å²) in [5.74, 6) is 0.444. The van der Waals surface area contributed by atoms with E-state index in [-0.39, 0.29) is 18.5 Å². The average molecular weight is 417 g/mol. The number of fused-ring (bicyclic) bond motifs is 1. The summed E-state index contributed by atoms with van der Waals surface area (Å²) in [4.78, 5) is 31.1. The fourth-order valence-electron chi connectivity index (χ4n) is 4.31. The summed E-state index contributed by atoms with van der Waals surface area (Å²) in [7, 11) is 1.68. The molecular weight excluding hydrogens is 384 g/mol. The summed E-state index contributed by atoms with van der Waals surface area (Å²) in [6.07, 6.45) is 4.57. The third-order valence-corrected chi connectivity index (χ3v) is 5.82. The first kappa shape index (κ1) is 22.2. The third-order valence-electron chi connectivity index (χ3n) is 5.82. The Morgan fingerprint density at radius 1 is 1.43 bits per heavy atom. The van der Waals surface area contributed by atoms with Crippen molar-refractivity contribution < 1.29 is 19.5 Å². The van der Waals surface area contributed by atoms with Gasteiger partial charge in [0.25, 0.3) is 0 Å². The van der Waals surface area contributed by atoms with Gasteiger partial charge < -0.3 is 14.2 Å². The van der Waals surface area contributed by atoms with Gasteiger partial charge in [0.2, 0.25) is 12.3 Å². The molecule has 8 heteroatoms. The number of carbonyl (C=O) groups is 2. The number of imidazole rings is 1. The molecule has 1 fully saturated rings. The number of nitrogens with zero attached hydrogens (tertiary/aromatic N) is 4. The highest BCUT2D eigenvalue weighted by Gasteiger charge is 2.37. The van der Waals surface area contributed by atoms with Crippen molar-refractivity contribution in [2.75, 3.05) is 26.8 Å². The summed E-state index contributed by atoms with van der Waals surface area (Å²) in [5, 5.41) is 10.3. The second-order valence-corrected chi connectivity index (χ2v) is 7.86. The first-order valence-electron chi connectivity index (χ1n) is 10.8. The third kappa shape index (κ3) is 4.82. The number of ether oxygens (including phenoxy) is 1. The van der Waals surface area contributed by atoms with Crippen LogP contribution in [0.2, 0.25) is 0 Å². The van der Waals surface area contributed by atoms with Gasteiger partial charge in [0.05, 0.1) is 36.1 Å². The number of carbonyl (C=O) groups excluding carboxylic acids is 2. The first-order valence-corrected chi connectivity index (χ1v) is 10.8. The minimum atomic E-state index is -0.419. The lowest BCUT2D eigenvalue weighted by molar-refractivity contribution is -0.157. The van der Waals surface area contributed by atoms with Gasteiger partial charge in [0, 0.05) is 20.2 Å². The van der Waals surface area contributed by atoms with E-state index < -0.39 is 5.92 Å². The van der Waals surface area contributed by atoms with Gasteiger partial charge in [0.15, 0.2) is 0 Å². The van der Waals surface area contributed by atoms with Crippen LogP contribution in [-0.4, -0.2) is 63.8 Å². The van der Waals surface area contributed by atoms with E-state index in [1.807, 2.05) is 29.2 Å². The van der Waals surface area contributed by atoms with E-state index in [0.29, 0.717) is 37.6 Å². The van der Waals surface area contributed by atoms with Crippen molar-refractivity contribution >= 4 is 23.4 Å². The largest absolute Gasteiger partial charge is 0.383 e. The molecule has 0 spiro atoms. The maximum Gasteiger partial charge on any atom is 0.233 e. The predicted molar refractivity (Wildman–Crippen MR) is 113 cm³/mol. The van der Waals surface area contributed by atoms with Gasteiger partial charge in [-0.15, -0.1) is 0 Å². The van der Waals surface area contributed by atoms with Crippen LogP contribution in [0, 0.1) is 5.92 Å². The number of rotatable bonds is 11. The number of unbranched alkanes of at least 4 members (excludes halogenated alkanes) is 1. The predicted octanol–water partition coefficient (Wildman–Crippen LogP) is 3.00. The number of aromatic nitrogens is 2. The second kappa shape index (κ2) is 10.5. The fourth-order valence-corrected chi connectivity index (χ4v) is 4.31. The number of hydroxylamine groups is 2. The summed E-state index contributed by atoms with van der Waals surface area (Å²) >= 11 is 0. The molecule has 1 N–H and O–H groups in total. The molecule has 8 nitrogen and oxygen atoms in total. The molecule has 2 amide bonds. The molecule has 1 saturated heterocycles. The number of hydrogen-bond acceptors (Lipinski definition) is 5. The maximum absolute atomic E-state index is 13.4. The first-order chi connectivity index (χ1) is 14.6. The summed E-state index contributed by atoms with van der Waals surface area (Å²) < 4.78 is 7.45. The molecule has 1 aliphatic heterocycles. The fraction of sp³-hybridized carbons (Fsp3) is 0.591. The van der Waals surface area contributed by atoms with Crippen LogP contribution in [0.5, 0.6) is 0 Å². The van der Waals surface area contributed by atoms with Gasteiger partial charge >= 0.3 is 0 Å². The Kier molecular flexibility index (Phi) is 7.81. The maximum atomic E-state index is 13.4. The Bertz CT molecular complexity index is 853. The molecule has 1 aromatic carbocycles. The lowest BCUT2D eigenvalue weighted by atomic mass is 9.99. The molecule has 3 rings (SSSR count). The molecule has 2 atom stereocenters. The Balaban J connectivity index is 1.90. The molecule has 2 heterocycles. The van der Waals surface area contributed by atoms with Crippen molar-refractivity contribution in [3.8, 4) is 0 Å². The van der Waals surface area contributed by atoms with Crippen LogP contribution in [-0.2, 0) is 20.9 Å². The molecule has 1 aliphatic rings. The van der Waals surface area contributed by atoms with Crippen molar-refractivity contribution in [3.63, 3.8) is 0 Å². The number of amides is 2. The van der Waals surface area contributed by atoms with Gasteiger partial charge in [0.1, 0.15) is 5.82 Å². The molecule has 0 radical (unpaired) electrons. The summed E-state index contributed by atoms with van der Waals surface area (Å²) in [6, 6.07) is 7.87. The highest BCUT2D eigenvalue weighted by atomic mass is 16.5. The number of benzene rings is 1. The number of para-hydroxylation sites is 2. The molecule has 0 bridgehead atoms. The van der Waals surface area contributed by atoms with Crippen molar-refractivity contribution in [2.45, 2.75) is 51.6 Å². The number of likely N-dealkylation sites (tertiary alicyclic amines) is 1. The van der Waals surface area contributed by atoms with E-state index in [9.17, 15) is 14.8 Å². The standard InChI is InChI=1S/C22H32N4O4/c1-3-4-8-17(15-24(29)16-27)22(28)26-12-7-11-20(26)21-23-18-9-5-6-10-19(18)25(21)13-14-30-2/h5-6,9-10,16-17,20,29H,3-4,7-8,11-15H2,1-2H3/t17-,20+/m1/s1. The number of methoxy groups -OCH3 is 1. The topological polar surface area (TPSA) is 87.9 Å². The van der Waals surface area contributed by atoms with Crippen molar-refractivity contribution in [2.24, 2.45) is 5.92 Å². The van der Waals surface area contributed by atoms with Gasteiger partial charge in [-0.2, -0.15) is 0 Å². The van der Waals surface area contributed by atoms with Gasteiger partial charge in [-0.1, -0.05) is 31.9 Å². The van der Waals surface area contributed by atoms with Crippen LogP contribution in [0.1, 0.15) is 50.9 Å². The van der Waals surface area contributed by atoms with E-state index in [1.165, 1.54) is 0 Å². The highest BCUT2D eigenvalue weighted by Crippen LogP contribution is 2.35. The zero-order valence-corrected chi connectivity index (χ0v) is 17.9. The molecule has 30 heavy (non-hydrogen) atoms. The van der Waals surface area contributed by atoms with Crippen LogP contribution in [0.3, 0.4) is 0 Å². The minimum Gasteiger partial charge on any atom is -0.383 e. The van der Waals surface area contributed by atoms with E-state index in [1.54, 1.807) is 7.11 Å². The van der Waals surface area contributed by atoms with E-state index in [0.717, 1.165) is 42.5 Å². The zero-order valence-electron chi connectivity index (χ0n) is 17.9. The number of hydrogen-bond donors (Lipinski definition) is 1. The Hall–Kier alpha value is -2.45. The Morgan fingerprint density at radius 2 is 2.23 bits per heavy atom. The summed E-state index contributed by atoms with van der Waals surface area (Å²) in [6.45, 7) is 3.97. The van der Waals surface area contributed by atoms with E-state index in [4.69, 9.17) is 9.72 Å². The van der Waals surface area contributed by atoms with E-state index >= 15 is 0 Å². The lowest BCUT2D eigenvalue weighted by Crippen LogP contribution is -2.41. The van der Waals surface area contributed by atoms with Gasteiger partial charge in [-0.3, -0.25) is 14.8 Å². The average Bonchev–Trinajstić information content (AvgIpc) is 3.38. The molecule has 164 valence electrons. The summed E-state index contributed by atoms with van der Waals surface area (Å²) in [5.41, 5.74) is 1.95. The van der Waals surface area contributed by atoms with Gasteiger partial charge in [-0.05, 0) is 31.4 Å². The van der Waals surface area contributed by atoms with Crippen LogP contribution in [0.15, 0.2) is 24.3 Å². The van der Waals surface area contributed by atoms with Crippen LogP contribution in [0.4, 0.5) is 0 Å². The van der Waals surface area contributed by atoms with Crippen molar-refractivity contribution in [1.82, 2.24) is 19.5 Å². The SMILES string of the molecule is CCCC[C@H](CN(O)C=O)C(=O)N1CCC[C@H]1c1nc2ccccc2n1CCOC.